The van der Waals surface area contributed by atoms with Crippen molar-refractivity contribution in [2.75, 3.05) is 5.32 Å². The van der Waals surface area contributed by atoms with Crippen molar-refractivity contribution >= 4 is 35.1 Å². The van der Waals surface area contributed by atoms with Crippen LogP contribution in [0.25, 0.3) is 0 Å². The first-order valence-electron chi connectivity index (χ1n) is 8.25. The molecule has 2 unspecified atom stereocenters. The fourth-order valence-corrected chi connectivity index (χ4v) is 3.15. The van der Waals surface area contributed by atoms with Gasteiger partial charge in [-0.2, -0.15) is 8.78 Å². The van der Waals surface area contributed by atoms with Crippen LogP contribution in [0, 0.1) is 0 Å². The molecular formula is C19H17F2NO4S. The van der Waals surface area contributed by atoms with E-state index in [1.54, 1.807) is 55.5 Å². The van der Waals surface area contributed by atoms with E-state index >= 15 is 0 Å². The molecule has 0 radical (unpaired) electrons. The van der Waals surface area contributed by atoms with Gasteiger partial charge >= 0.3 is 11.9 Å². The first-order chi connectivity index (χ1) is 12.9. The Kier molecular flexibility index (Phi) is 5.95. The molecule has 0 aromatic heterocycles. The minimum Gasteiger partial charge on any atom is -0.460 e. The van der Waals surface area contributed by atoms with E-state index < -0.39 is 23.8 Å². The third-order valence-electron chi connectivity index (χ3n) is 3.88. The number of ether oxygens (including phenoxy) is 2. The Morgan fingerprint density at radius 1 is 1.22 bits per heavy atom. The van der Waals surface area contributed by atoms with Gasteiger partial charge in [0, 0.05) is 17.0 Å². The van der Waals surface area contributed by atoms with Gasteiger partial charge in [0.1, 0.15) is 6.10 Å². The van der Waals surface area contributed by atoms with Crippen LogP contribution in [-0.4, -0.2) is 29.9 Å². The molecule has 0 bridgehead atoms. The van der Waals surface area contributed by atoms with Gasteiger partial charge in [0.15, 0.2) is 0 Å². The van der Waals surface area contributed by atoms with Crippen LogP contribution in [-0.2, 0) is 14.3 Å². The number of carbonyl (C=O) groups is 2. The lowest BCUT2D eigenvalue weighted by molar-refractivity contribution is -0.147. The molecule has 0 saturated carbocycles. The Morgan fingerprint density at radius 2 is 1.93 bits per heavy atom. The standard InChI is InChI=1S/C19H17F2NO4S/c1-11-10-16(18(24)25-11)26-17(23)14-4-2-3-5-15(14)22-12-6-8-13(9-7-12)27-19(20)21/h2-9,11,16,19,22H,10H2,1H3. The lowest BCUT2D eigenvalue weighted by Crippen LogP contribution is -2.23. The highest BCUT2D eigenvalue weighted by molar-refractivity contribution is 7.99. The molecule has 1 saturated heterocycles. The van der Waals surface area contributed by atoms with Gasteiger partial charge in [-0.25, -0.2) is 9.59 Å². The van der Waals surface area contributed by atoms with E-state index in [9.17, 15) is 18.4 Å². The highest BCUT2D eigenvalue weighted by atomic mass is 32.2. The van der Waals surface area contributed by atoms with Crippen molar-refractivity contribution in [2.45, 2.75) is 36.2 Å². The van der Waals surface area contributed by atoms with Gasteiger partial charge < -0.3 is 14.8 Å². The Labute approximate surface area is 159 Å². The Hall–Kier alpha value is -2.61. The maximum absolute atomic E-state index is 12.5. The van der Waals surface area contributed by atoms with E-state index in [1.807, 2.05) is 0 Å². The summed E-state index contributed by atoms with van der Waals surface area (Å²) in [5.74, 6) is -3.67. The van der Waals surface area contributed by atoms with Gasteiger partial charge in [-0.3, -0.25) is 0 Å². The van der Waals surface area contributed by atoms with Crippen molar-refractivity contribution in [1.82, 2.24) is 0 Å². The molecule has 1 aliphatic heterocycles. The fourth-order valence-electron chi connectivity index (χ4n) is 2.65. The number of para-hydroxylation sites is 1. The van der Waals surface area contributed by atoms with Crippen molar-refractivity contribution in [2.24, 2.45) is 0 Å². The van der Waals surface area contributed by atoms with Crippen LogP contribution < -0.4 is 5.32 Å². The average Bonchev–Trinajstić information content (AvgIpc) is 2.93. The van der Waals surface area contributed by atoms with E-state index in [0.29, 0.717) is 34.5 Å². The molecule has 8 heteroatoms. The van der Waals surface area contributed by atoms with Gasteiger partial charge in [-0.1, -0.05) is 23.9 Å². The van der Waals surface area contributed by atoms with Crippen molar-refractivity contribution in [3.63, 3.8) is 0 Å². The summed E-state index contributed by atoms with van der Waals surface area (Å²) in [4.78, 5) is 24.6. The van der Waals surface area contributed by atoms with Gasteiger partial charge in [-0.15, -0.1) is 0 Å². The van der Waals surface area contributed by atoms with Crippen LogP contribution in [0.15, 0.2) is 53.4 Å². The molecule has 2 aromatic rings. The number of alkyl halides is 2. The average molecular weight is 393 g/mol. The molecule has 27 heavy (non-hydrogen) atoms. The highest BCUT2D eigenvalue weighted by Crippen LogP contribution is 2.28. The van der Waals surface area contributed by atoms with E-state index in [1.165, 1.54) is 0 Å². The molecule has 0 amide bonds. The number of thioether (sulfide) groups is 1. The summed E-state index contributed by atoms with van der Waals surface area (Å²) in [6.07, 6.45) is -0.872. The fraction of sp³-hybridized carbons (Fsp3) is 0.263. The number of cyclic esters (lactones) is 1. The zero-order chi connectivity index (χ0) is 19.4. The monoisotopic (exact) mass is 393 g/mol. The molecule has 0 aliphatic carbocycles. The quantitative estimate of drug-likeness (QED) is 0.571. The number of hydrogen-bond acceptors (Lipinski definition) is 6. The molecular weight excluding hydrogens is 376 g/mol. The van der Waals surface area contributed by atoms with Crippen LogP contribution in [0.5, 0.6) is 0 Å². The maximum atomic E-state index is 12.5. The molecule has 1 fully saturated rings. The molecule has 1 heterocycles. The van der Waals surface area contributed by atoms with Gasteiger partial charge in [-0.05, 0) is 43.3 Å². The summed E-state index contributed by atoms with van der Waals surface area (Å²) in [7, 11) is 0. The lowest BCUT2D eigenvalue weighted by Gasteiger charge is -2.13. The van der Waals surface area contributed by atoms with Crippen LogP contribution >= 0.6 is 11.8 Å². The van der Waals surface area contributed by atoms with Crippen molar-refractivity contribution in [1.29, 1.82) is 0 Å². The first kappa shape index (κ1) is 19.2. The van der Waals surface area contributed by atoms with E-state index in [2.05, 4.69) is 5.32 Å². The predicted molar refractivity (Wildman–Crippen MR) is 97.4 cm³/mol. The predicted octanol–water partition coefficient (Wildman–Crippen LogP) is 4.61. The van der Waals surface area contributed by atoms with Gasteiger partial charge in [0.25, 0.3) is 5.76 Å². The summed E-state index contributed by atoms with van der Waals surface area (Å²) in [6.45, 7) is 1.73. The number of carbonyl (C=O) groups excluding carboxylic acids is 2. The first-order valence-corrected chi connectivity index (χ1v) is 9.13. The van der Waals surface area contributed by atoms with Gasteiger partial charge in [0.2, 0.25) is 6.10 Å². The second-order valence-electron chi connectivity index (χ2n) is 5.95. The van der Waals surface area contributed by atoms with Crippen LogP contribution in [0.1, 0.15) is 23.7 Å². The van der Waals surface area contributed by atoms with Crippen molar-refractivity contribution in [3.05, 3.63) is 54.1 Å². The molecule has 142 valence electrons. The molecule has 2 atom stereocenters. The Bertz CT molecular complexity index is 829. The number of nitrogens with one attached hydrogen (secondary N) is 1. The second-order valence-corrected chi connectivity index (χ2v) is 7.01. The topological polar surface area (TPSA) is 64.6 Å². The Morgan fingerprint density at radius 3 is 2.56 bits per heavy atom. The molecule has 3 rings (SSSR count). The number of esters is 2. The molecule has 1 aliphatic rings. The van der Waals surface area contributed by atoms with Gasteiger partial charge in [0.05, 0.1) is 11.3 Å². The largest absolute Gasteiger partial charge is 0.460 e. The number of halogens is 2. The molecule has 1 N–H and O–H groups in total. The highest BCUT2D eigenvalue weighted by Gasteiger charge is 2.35. The molecule has 5 nitrogen and oxygen atoms in total. The minimum absolute atomic E-state index is 0.260. The molecule has 2 aromatic carbocycles. The summed E-state index contributed by atoms with van der Waals surface area (Å²) in [6, 6.07) is 13.1. The van der Waals surface area contributed by atoms with Crippen molar-refractivity contribution < 1.29 is 27.8 Å². The van der Waals surface area contributed by atoms with E-state index in [0.717, 1.165) is 0 Å². The zero-order valence-electron chi connectivity index (χ0n) is 14.4. The number of anilines is 2. The lowest BCUT2D eigenvalue weighted by atomic mass is 10.1. The number of rotatable bonds is 6. The smallest absolute Gasteiger partial charge is 0.347 e. The normalized spacial score (nSPS) is 19.0. The van der Waals surface area contributed by atoms with Crippen LogP contribution in [0.3, 0.4) is 0 Å². The Balaban J connectivity index is 1.72. The molecule has 0 spiro atoms. The van der Waals surface area contributed by atoms with E-state index in [4.69, 9.17) is 9.47 Å². The third-order valence-corrected chi connectivity index (χ3v) is 4.60. The van der Waals surface area contributed by atoms with Crippen molar-refractivity contribution in [3.8, 4) is 0 Å². The SMILES string of the molecule is CC1CC(OC(=O)c2ccccc2Nc2ccc(SC(F)F)cc2)C(=O)O1. The minimum atomic E-state index is -2.48. The summed E-state index contributed by atoms with van der Waals surface area (Å²) < 4.78 is 35.1. The number of benzene rings is 2. The maximum Gasteiger partial charge on any atom is 0.347 e. The number of hydrogen-bond donors (Lipinski definition) is 1. The summed E-state index contributed by atoms with van der Waals surface area (Å²) in [5.41, 5.74) is 1.37. The summed E-state index contributed by atoms with van der Waals surface area (Å²) in [5, 5.41) is 3.07. The third kappa shape index (κ3) is 4.97. The second kappa shape index (κ2) is 8.39. The van der Waals surface area contributed by atoms with E-state index in [-0.39, 0.29) is 11.7 Å². The summed E-state index contributed by atoms with van der Waals surface area (Å²) >= 11 is 0.461. The zero-order valence-corrected chi connectivity index (χ0v) is 15.2. The van der Waals surface area contributed by atoms with Crippen LogP contribution in [0.4, 0.5) is 20.2 Å². The van der Waals surface area contributed by atoms with Crippen LogP contribution in [0.2, 0.25) is 0 Å².